The zero-order valence-electron chi connectivity index (χ0n) is 7.86. The predicted molar refractivity (Wildman–Crippen MR) is 56.0 cm³/mol. The van der Waals surface area contributed by atoms with Crippen LogP contribution in [0.4, 0.5) is 8.78 Å². The summed E-state index contributed by atoms with van der Waals surface area (Å²) in [5.41, 5.74) is 4.55. The molecule has 1 aromatic carbocycles. The summed E-state index contributed by atoms with van der Waals surface area (Å²) in [6.07, 6.45) is 0. The van der Waals surface area contributed by atoms with Crippen LogP contribution in [0.1, 0.15) is 5.56 Å². The summed E-state index contributed by atoms with van der Waals surface area (Å²) in [4.78, 5) is 0. The van der Waals surface area contributed by atoms with E-state index in [0.717, 1.165) is 6.07 Å². The van der Waals surface area contributed by atoms with Crippen LogP contribution < -0.4 is 10.5 Å². The molecule has 0 unspecified atom stereocenters. The molecule has 6 heteroatoms. The number of ether oxygens (including phenoxy) is 1. The highest BCUT2D eigenvalue weighted by Crippen LogP contribution is 2.40. The van der Waals surface area contributed by atoms with E-state index in [1.54, 1.807) is 0 Å². The average Bonchev–Trinajstić information content (AvgIpc) is 2.21. The van der Waals surface area contributed by atoms with Crippen molar-refractivity contribution in [1.29, 1.82) is 0 Å². The van der Waals surface area contributed by atoms with Crippen LogP contribution in [0, 0.1) is 0 Å². The fraction of sp³-hybridized carbons (Fsp3) is 0.333. The van der Waals surface area contributed by atoms with Crippen molar-refractivity contribution in [2.75, 3.05) is 13.7 Å². The molecule has 0 aliphatic rings. The van der Waals surface area contributed by atoms with Crippen LogP contribution in [0.2, 0.25) is 10.0 Å². The van der Waals surface area contributed by atoms with E-state index in [9.17, 15) is 8.78 Å². The van der Waals surface area contributed by atoms with Gasteiger partial charge in [-0.05, 0) is 12.1 Å². The number of nitrogens with two attached hydrogens (primary N) is 1. The molecular formula is C9H9Cl2F2NO. The molecule has 0 amide bonds. The first kappa shape index (κ1) is 12.5. The molecule has 0 fully saturated rings. The molecule has 2 N–H and O–H groups in total. The van der Waals surface area contributed by atoms with E-state index in [1.807, 2.05) is 0 Å². The van der Waals surface area contributed by atoms with Gasteiger partial charge < -0.3 is 10.5 Å². The van der Waals surface area contributed by atoms with Crippen molar-refractivity contribution in [1.82, 2.24) is 0 Å². The maximum atomic E-state index is 13.3. The summed E-state index contributed by atoms with van der Waals surface area (Å²) in [5, 5.41) is -0.267. The van der Waals surface area contributed by atoms with Crippen molar-refractivity contribution >= 4 is 23.2 Å². The van der Waals surface area contributed by atoms with Gasteiger partial charge in [0, 0.05) is 5.56 Å². The van der Waals surface area contributed by atoms with Gasteiger partial charge in [0.1, 0.15) is 10.8 Å². The van der Waals surface area contributed by atoms with Crippen LogP contribution >= 0.6 is 23.2 Å². The highest BCUT2D eigenvalue weighted by atomic mass is 35.5. The number of methoxy groups -OCH3 is 1. The summed E-state index contributed by atoms with van der Waals surface area (Å²) in [6, 6.07) is 2.48. The summed E-state index contributed by atoms with van der Waals surface area (Å²) in [5.74, 6) is -2.94. The van der Waals surface area contributed by atoms with Gasteiger partial charge in [0.05, 0.1) is 18.7 Å². The van der Waals surface area contributed by atoms with E-state index in [2.05, 4.69) is 0 Å². The second-order valence-corrected chi connectivity index (χ2v) is 3.61. The van der Waals surface area contributed by atoms with Gasteiger partial charge in [-0.15, -0.1) is 0 Å². The van der Waals surface area contributed by atoms with Crippen molar-refractivity contribution in [2.45, 2.75) is 5.92 Å². The Hall–Kier alpha value is -0.580. The first-order valence-electron chi connectivity index (χ1n) is 4.04. The number of halogens is 4. The Labute approximate surface area is 95.9 Å². The van der Waals surface area contributed by atoms with Crippen LogP contribution in [-0.4, -0.2) is 13.7 Å². The zero-order valence-corrected chi connectivity index (χ0v) is 9.37. The molecule has 0 aliphatic heterocycles. The molecular weight excluding hydrogens is 247 g/mol. The maximum absolute atomic E-state index is 13.3. The molecule has 2 nitrogen and oxygen atoms in total. The SMILES string of the molecule is COc1ccc(C(F)(F)CN)c(Cl)c1Cl. The first-order valence-corrected chi connectivity index (χ1v) is 4.80. The third-order valence-electron chi connectivity index (χ3n) is 1.92. The second-order valence-electron chi connectivity index (χ2n) is 2.85. The number of hydrogen-bond acceptors (Lipinski definition) is 2. The molecule has 0 heterocycles. The Morgan fingerprint density at radius 2 is 1.93 bits per heavy atom. The normalized spacial score (nSPS) is 11.6. The predicted octanol–water partition coefficient (Wildman–Crippen LogP) is 3.05. The molecule has 0 spiro atoms. The van der Waals surface area contributed by atoms with Crippen LogP contribution in [0.3, 0.4) is 0 Å². The quantitative estimate of drug-likeness (QED) is 0.901. The standard InChI is InChI=1S/C9H9Cl2F2NO/c1-15-6-3-2-5(7(10)8(6)11)9(12,13)4-14/h2-3H,4,14H2,1H3. The third-order valence-corrected chi connectivity index (χ3v) is 2.78. The number of benzene rings is 1. The van der Waals surface area contributed by atoms with Gasteiger partial charge in [-0.2, -0.15) is 8.78 Å². The summed E-state index contributed by atoms with van der Waals surface area (Å²) in [6.45, 7) is -0.824. The summed E-state index contributed by atoms with van der Waals surface area (Å²) >= 11 is 11.4. The number of rotatable bonds is 3. The summed E-state index contributed by atoms with van der Waals surface area (Å²) < 4.78 is 31.3. The molecule has 0 saturated carbocycles. The van der Waals surface area contributed by atoms with Gasteiger partial charge in [-0.25, -0.2) is 0 Å². The van der Waals surface area contributed by atoms with Crippen LogP contribution in [0.15, 0.2) is 12.1 Å². The Balaban J connectivity index is 3.29. The molecule has 0 bridgehead atoms. The van der Waals surface area contributed by atoms with Crippen molar-refractivity contribution in [3.05, 3.63) is 27.7 Å². The molecule has 84 valence electrons. The van der Waals surface area contributed by atoms with Gasteiger partial charge in [-0.3, -0.25) is 0 Å². The van der Waals surface area contributed by atoms with Gasteiger partial charge in [0.2, 0.25) is 0 Å². The Bertz CT molecular complexity index is 371. The van der Waals surface area contributed by atoms with E-state index in [0.29, 0.717) is 0 Å². The van der Waals surface area contributed by atoms with E-state index in [1.165, 1.54) is 13.2 Å². The fourth-order valence-corrected chi connectivity index (χ4v) is 1.62. The number of hydrogen-bond donors (Lipinski definition) is 1. The topological polar surface area (TPSA) is 35.2 Å². The fourth-order valence-electron chi connectivity index (χ4n) is 1.08. The number of alkyl halides is 2. The van der Waals surface area contributed by atoms with Gasteiger partial charge >= 0.3 is 0 Å². The lowest BCUT2D eigenvalue weighted by atomic mass is 10.1. The monoisotopic (exact) mass is 255 g/mol. The summed E-state index contributed by atoms with van der Waals surface area (Å²) in [7, 11) is 1.37. The highest BCUT2D eigenvalue weighted by molar-refractivity contribution is 6.43. The molecule has 0 radical (unpaired) electrons. The largest absolute Gasteiger partial charge is 0.495 e. The highest BCUT2D eigenvalue weighted by Gasteiger charge is 2.33. The Morgan fingerprint density at radius 3 is 2.40 bits per heavy atom. The minimum absolute atomic E-state index is 0.0372. The molecule has 1 aromatic rings. The van der Waals surface area contributed by atoms with Crippen molar-refractivity contribution in [3.8, 4) is 5.75 Å². The lowest BCUT2D eigenvalue weighted by Gasteiger charge is -2.17. The minimum atomic E-state index is -3.19. The average molecular weight is 256 g/mol. The molecule has 0 atom stereocenters. The van der Waals surface area contributed by atoms with Gasteiger partial charge in [-0.1, -0.05) is 23.2 Å². The van der Waals surface area contributed by atoms with E-state index in [-0.39, 0.29) is 15.8 Å². The van der Waals surface area contributed by atoms with Crippen molar-refractivity contribution in [3.63, 3.8) is 0 Å². The smallest absolute Gasteiger partial charge is 0.286 e. The van der Waals surface area contributed by atoms with Crippen LogP contribution in [0.5, 0.6) is 5.75 Å². The third kappa shape index (κ3) is 2.33. The first-order chi connectivity index (χ1) is 6.94. The zero-order chi connectivity index (χ0) is 11.6. The van der Waals surface area contributed by atoms with E-state index >= 15 is 0 Å². The van der Waals surface area contributed by atoms with E-state index in [4.69, 9.17) is 33.7 Å². The van der Waals surface area contributed by atoms with Crippen molar-refractivity contribution < 1.29 is 13.5 Å². The lowest BCUT2D eigenvalue weighted by molar-refractivity contribution is 0.00604. The van der Waals surface area contributed by atoms with Crippen molar-refractivity contribution in [2.24, 2.45) is 5.73 Å². The molecule has 0 saturated heterocycles. The van der Waals surface area contributed by atoms with Gasteiger partial charge in [0.25, 0.3) is 5.92 Å². The molecule has 1 rings (SSSR count). The van der Waals surface area contributed by atoms with Gasteiger partial charge in [0.15, 0.2) is 0 Å². The molecule has 0 aromatic heterocycles. The molecule has 0 aliphatic carbocycles. The minimum Gasteiger partial charge on any atom is -0.495 e. The van der Waals surface area contributed by atoms with Crippen LogP contribution in [0.25, 0.3) is 0 Å². The second kappa shape index (κ2) is 4.51. The Morgan fingerprint density at radius 1 is 1.33 bits per heavy atom. The van der Waals surface area contributed by atoms with Crippen LogP contribution in [-0.2, 0) is 5.92 Å². The maximum Gasteiger partial charge on any atom is 0.286 e. The Kier molecular flexibility index (Phi) is 3.76. The van der Waals surface area contributed by atoms with E-state index < -0.39 is 18.0 Å². The molecule has 15 heavy (non-hydrogen) atoms. The lowest BCUT2D eigenvalue weighted by Crippen LogP contribution is -2.25.